The van der Waals surface area contributed by atoms with Gasteiger partial charge in [-0.3, -0.25) is 19.2 Å². The summed E-state index contributed by atoms with van der Waals surface area (Å²) in [6.07, 6.45) is 1.61. The van der Waals surface area contributed by atoms with Crippen LogP contribution in [0.4, 0.5) is 11.4 Å². The van der Waals surface area contributed by atoms with Crippen LogP contribution in [0, 0.1) is 0 Å². The van der Waals surface area contributed by atoms with Gasteiger partial charge in [-0.25, -0.2) is 0 Å². The van der Waals surface area contributed by atoms with Gasteiger partial charge in [-0.05, 0) is 135 Å². The molecule has 2 fully saturated rings. The average Bonchev–Trinajstić information content (AvgIpc) is 4.19. The van der Waals surface area contributed by atoms with Gasteiger partial charge in [0, 0.05) is 56.5 Å². The Balaban J connectivity index is 0.000000162. The topological polar surface area (TPSA) is 98.8 Å². The quantitative estimate of drug-likeness (QED) is 0.143. The lowest BCUT2D eigenvalue weighted by Crippen LogP contribution is -2.33. The first-order chi connectivity index (χ1) is 30.8. The summed E-state index contributed by atoms with van der Waals surface area (Å²) in [7, 11) is 0. The molecule has 2 heterocycles. The summed E-state index contributed by atoms with van der Waals surface area (Å²) in [5.74, 6) is 0.377. The monoisotopic (exact) mass is 888 g/mol. The molecule has 10 heteroatoms. The molecule has 0 aromatic heterocycles. The standard InChI is InChI=1S/2C27H25ClN2O2/c2*1-17(2)29-25(31)20-7-5-6-18(14-20)16-30-24-9-4-3-8-22(24)27(26(30)32)15-23(27)19-10-12-21(28)13-11-19/h2*3-14,17,23H,15-16H2,1-2H3,(H,29,31)/t23?,27-;23-,27-/m10/s1. The van der Waals surface area contributed by atoms with Gasteiger partial charge in [-0.2, -0.15) is 0 Å². The largest absolute Gasteiger partial charge is 0.350 e. The molecule has 2 aliphatic heterocycles. The highest BCUT2D eigenvalue weighted by atomic mass is 35.5. The van der Waals surface area contributed by atoms with Gasteiger partial charge in [-0.15, -0.1) is 0 Å². The number of halogens is 2. The number of hydrogen-bond donors (Lipinski definition) is 2. The van der Waals surface area contributed by atoms with Crippen molar-refractivity contribution in [1.82, 2.24) is 10.6 Å². The molecule has 2 aliphatic carbocycles. The fourth-order valence-electron chi connectivity index (χ4n) is 9.88. The molecule has 2 spiro atoms. The van der Waals surface area contributed by atoms with Gasteiger partial charge in [0.05, 0.1) is 23.9 Å². The lowest BCUT2D eigenvalue weighted by atomic mass is 9.92. The van der Waals surface area contributed by atoms with Crippen molar-refractivity contribution < 1.29 is 19.2 Å². The lowest BCUT2D eigenvalue weighted by molar-refractivity contribution is -0.121. The maximum atomic E-state index is 13.8. The molecule has 324 valence electrons. The van der Waals surface area contributed by atoms with E-state index in [9.17, 15) is 19.2 Å². The van der Waals surface area contributed by atoms with Crippen LogP contribution in [0.15, 0.2) is 146 Å². The molecule has 4 aliphatic rings. The van der Waals surface area contributed by atoms with E-state index in [2.05, 4.69) is 22.8 Å². The molecule has 2 N–H and O–H groups in total. The second-order valence-electron chi connectivity index (χ2n) is 18.0. The van der Waals surface area contributed by atoms with Gasteiger partial charge in [-0.1, -0.05) is 108 Å². The maximum Gasteiger partial charge on any atom is 0.251 e. The van der Waals surface area contributed by atoms with Gasteiger partial charge in [0.15, 0.2) is 0 Å². The SMILES string of the molecule is CC(C)NC(=O)c1cccc(CN2C(=O)[C@@]3(C[C@H]3c3ccc(Cl)cc3)c3ccccc32)c1.CC(C)NC(=O)c1cccc(CN2C(=O)[C@]3(CC3c3ccc(Cl)cc3)c3ccccc32)c1. The Morgan fingerprint density at radius 1 is 0.547 bits per heavy atom. The van der Waals surface area contributed by atoms with Crippen LogP contribution in [0.25, 0.3) is 0 Å². The number of benzene rings is 6. The molecule has 4 amide bonds. The first-order valence-corrected chi connectivity index (χ1v) is 22.7. The zero-order chi connectivity index (χ0) is 44.9. The number of carbonyl (C=O) groups excluding carboxylic acids is 4. The molecule has 0 radical (unpaired) electrons. The van der Waals surface area contributed by atoms with Crippen molar-refractivity contribution in [2.75, 3.05) is 9.80 Å². The second-order valence-corrected chi connectivity index (χ2v) is 18.9. The minimum Gasteiger partial charge on any atom is -0.350 e. The summed E-state index contributed by atoms with van der Waals surface area (Å²) in [5, 5.41) is 7.25. The Bertz CT molecular complexity index is 2600. The number of nitrogens with one attached hydrogen (secondary N) is 2. The summed E-state index contributed by atoms with van der Waals surface area (Å²) in [6.45, 7) is 8.63. The summed E-state index contributed by atoms with van der Waals surface area (Å²) in [4.78, 5) is 56.2. The van der Waals surface area contributed by atoms with E-state index < -0.39 is 10.8 Å². The Hall–Kier alpha value is -6.22. The molecular formula is C54H50Cl2N4O4. The molecule has 6 aromatic rings. The van der Waals surface area contributed by atoms with Crippen molar-refractivity contribution in [1.29, 1.82) is 0 Å². The molecule has 2 saturated carbocycles. The molecule has 64 heavy (non-hydrogen) atoms. The van der Waals surface area contributed by atoms with Crippen LogP contribution >= 0.6 is 23.2 Å². The van der Waals surface area contributed by atoms with Crippen molar-refractivity contribution in [2.45, 2.75) is 88.4 Å². The van der Waals surface area contributed by atoms with E-state index in [0.29, 0.717) is 34.3 Å². The van der Waals surface area contributed by atoms with Crippen LogP contribution in [0.3, 0.4) is 0 Å². The molecule has 4 atom stereocenters. The molecule has 6 aromatic carbocycles. The number of para-hydroxylation sites is 2. The number of anilines is 2. The molecule has 0 saturated heterocycles. The fourth-order valence-corrected chi connectivity index (χ4v) is 10.1. The van der Waals surface area contributed by atoms with E-state index in [1.807, 2.05) is 159 Å². The predicted octanol–water partition coefficient (Wildman–Crippen LogP) is 10.9. The Labute approximate surface area is 384 Å². The van der Waals surface area contributed by atoms with Gasteiger partial charge >= 0.3 is 0 Å². The highest BCUT2D eigenvalue weighted by Gasteiger charge is 2.68. The zero-order valence-corrected chi connectivity index (χ0v) is 37.8. The van der Waals surface area contributed by atoms with Crippen molar-refractivity contribution in [2.24, 2.45) is 0 Å². The molecular weight excluding hydrogens is 840 g/mol. The van der Waals surface area contributed by atoms with Gasteiger partial charge in [0.25, 0.3) is 11.8 Å². The van der Waals surface area contributed by atoms with Crippen LogP contribution in [-0.4, -0.2) is 35.7 Å². The smallest absolute Gasteiger partial charge is 0.251 e. The maximum absolute atomic E-state index is 13.8. The van der Waals surface area contributed by atoms with Gasteiger partial charge < -0.3 is 20.4 Å². The molecule has 0 bridgehead atoms. The number of nitrogens with zero attached hydrogens (tertiary/aromatic N) is 2. The predicted molar refractivity (Wildman–Crippen MR) is 254 cm³/mol. The van der Waals surface area contributed by atoms with Crippen LogP contribution in [-0.2, 0) is 33.5 Å². The first kappa shape index (κ1) is 43.1. The summed E-state index contributed by atoms with van der Waals surface area (Å²) >= 11 is 12.1. The van der Waals surface area contributed by atoms with E-state index in [-0.39, 0.29) is 47.5 Å². The molecule has 10 rings (SSSR count). The Kier molecular flexibility index (Phi) is 11.5. The number of carbonyl (C=O) groups is 4. The Morgan fingerprint density at radius 2 is 0.922 bits per heavy atom. The summed E-state index contributed by atoms with van der Waals surface area (Å²) < 4.78 is 0. The van der Waals surface area contributed by atoms with Crippen LogP contribution in [0.2, 0.25) is 10.0 Å². The van der Waals surface area contributed by atoms with E-state index in [1.165, 1.54) is 0 Å². The van der Waals surface area contributed by atoms with Crippen LogP contribution in [0.1, 0.15) is 106 Å². The minimum atomic E-state index is -0.503. The summed E-state index contributed by atoms with van der Waals surface area (Å²) in [5.41, 5.74) is 8.49. The fraction of sp³-hybridized carbons (Fsp3) is 0.259. The van der Waals surface area contributed by atoms with Crippen molar-refractivity contribution in [3.63, 3.8) is 0 Å². The first-order valence-electron chi connectivity index (χ1n) is 21.9. The van der Waals surface area contributed by atoms with Crippen LogP contribution in [0.5, 0.6) is 0 Å². The molecule has 8 nitrogen and oxygen atoms in total. The third-order valence-electron chi connectivity index (χ3n) is 13.0. The van der Waals surface area contributed by atoms with E-state index in [4.69, 9.17) is 23.2 Å². The second kappa shape index (κ2) is 17.1. The van der Waals surface area contributed by atoms with E-state index in [1.54, 1.807) is 12.1 Å². The number of fused-ring (bicyclic) bond motifs is 4. The molecule has 1 unspecified atom stereocenters. The normalized spacial score (nSPS) is 21.2. The number of rotatable bonds is 10. The highest BCUT2D eigenvalue weighted by molar-refractivity contribution is 6.30. The van der Waals surface area contributed by atoms with Crippen molar-refractivity contribution in [3.8, 4) is 0 Å². The van der Waals surface area contributed by atoms with Gasteiger partial charge in [0.1, 0.15) is 0 Å². The van der Waals surface area contributed by atoms with E-state index in [0.717, 1.165) is 57.6 Å². The minimum absolute atomic E-state index is 0.0673. The zero-order valence-electron chi connectivity index (χ0n) is 36.3. The van der Waals surface area contributed by atoms with Crippen LogP contribution < -0.4 is 20.4 Å². The average molecular weight is 890 g/mol. The third kappa shape index (κ3) is 7.88. The van der Waals surface area contributed by atoms with Crippen molar-refractivity contribution in [3.05, 3.63) is 200 Å². The van der Waals surface area contributed by atoms with E-state index >= 15 is 0 Å². The summed E-state index contributed by atoms with van der Waals surface area (Å²) in [6, 6.07) is 47.0. The highest BCUT2D eigenvalue weighted by Crippen LogP contribution is 2.67. The van der Waals surface area contributed by atoms with Crippen molar-refractivity contribution >= 4 is 58.2 Å². The number of amides is 4. The number of hydrogen-bond acceptors (Lipinski definition) is 4. The Morgan fingerprint density at radius 3 is 1.30 bits per heavy atom. The lowest BCUT2D eigenvalue weighted by Gasteiger charge is -2.19. The third-order valence-corrected chi connectivity index (χ3v) is 13.5. The van der Waals surface area contributed by atoms with Gasteiger partial charge in [0.2, 0.25) is 11.8 Å².